The van der Waals surface area contributed by atoms with E-state index in [2.05, 4.69) is 36.0 Å². The molecule has 3 aromatic rings. The molecule has 3 aromatic carbocycles. The minimum absolute atomic E-state index is 0.0112. The molecule has 2 aliphatic rings. The van der Waals surface area contributed by atoms with Gasteiger partial charge in [0.15, 0.2) is 5.75 Å². The van der Waals surface area contributed by atoms with Gasteiger partial charge in [-0.2, -0.15) is 0 Å². The summed E-state index contributed by atoms with van der Waals surface area (Å²) in [5.74, 6) is 0.657. The van der Waals surface area contributed by atoms with Crippen LogP contribution in [-0.2, 0) is 10.0 Å². The van der Waals surface area contributed by atoms with E-state index in [0.29, 0.717) is 11.6 Å². The van der Waals surface area contributed by atoms with Gasteiger partial charge in [0.2, 0.25) is 0 Å². The van der Waals surface area contributed by atoms with Crippen molar-refractivity contribution in [1.29, 1.82) is 0 Å². The maximum absolute atomic E-state index is 13.2. The highest BCUT2D eigenvalue weighted by Gasteiger charge is 2.39. The molecule has 8 nitrogen and oxygen atoms in total. The Morgan fingerprint density at radius 2 is 1.84 bits per heavy atom. The lowest BCUT2D eigenvalue weighted by Gasteiger charge is -2.37. The van der Waals surface area contributed by atoms with Gasteiger partial charge in [-0.15, -0.1) is 0 Å². The van der Waals surface area contributed by atoms with Gasteiger partial charge >= 0.3 is 5.69 Å². The van der Waals surface area contributed by atoms with Crippen molar-refractivity contribution < 1.29 is 18.1 Å². The summed E-state index contributed by atoms with van der Waals surface area (Å²) >= 11 is 0. The maximum atomic E-state index is 13.2. The zero-order valence-electron chi connectivity index (χ0n) is 20.8. The van der Waals surface area contributed by atoms with Crippen molar-refractivity contribution in [3.63, 3.8) is 0 Å². The second kappa shape index (κ2) is 9.55. The zero-order chi connectivity index (χ0) is 26.3. The second-order valence-corrected chi connectivity index (χ2v) is 11.5. The number of nitrogens with one attached hydrogen (secondary N) is 2. The van der Waals surface area contributed by atoms with Crippen LogP contribution < -0.4 is 14.8 Å². The van der Waals surface area contributed by atoms with E-state index in [1.165, 1.54) is 7.11 Å². The fraction of sp³-hybridized carbons (Fsp3) is 0.286. The number of hydrogen-bond acceptors (Lipinski definition) is 6. The highest BCUT2D eigenvalue weighted by Crippen LogP contribution is 2.51. The summed E-state index contributed by atoms with van der Waals surface area (Å²) in [7, 11) is -2.38. The summed E-state index contributed by atoms with van der Waals surface area (Å²) < 4.78 is 34.3. The normalized spacial score (nSPS) is 20.2. The molecule has 1 aliphatic heterocycles. The van der Waals surface area contributed by atoms with Crippen LogP contribution in [0.5, 0.6) is 5.75 Å². The monoisotopic (exact) mass is 519 g/mol. The number of nitro benzene ring substituents is 1. The number of allylic oxidation sites excluding steroid dienone is 2. The maximum Gasteiger partial charge on any atom is 0.311 e. The molecule has 1 heterocycles. The molecule has 0 radical (unpaired) electrons. The third-order valence-electron chi connectivity index (χ3n) is 7.23. The molecule has 0 aromatic heterocycles. The average molecular weight is 520 g/mol. The molecule has 0 unspecified atom stereocenters. The number of ether oxygens (including phenoxy) is 1. The van der Waals surface area contributed by atoms with Crippen LogP contribution in [0.3, 0.4) is 0 Å². The summed E-state index contributed by atoms with van der Waals surface area (Å²) in [6.07, 6.45) is 4.97. The Morgan fingerprint density at radius 1 is 1.08 bits per heavy atom. The highest BCUT2D eigenvalue weighted by molar-refractivity contribution is 7.92. The number of nitrogens with zero attached hydrogens (tertiary/aromatic N) is 1. The van der Waals surface area contributed by atoms with Crippen LogP contribution in [0.25, 0.3) is 0 Å². The van der Waals surface area contributed by atoms with Gasteiger partial charge in [-0.1, -0.05) is 44.2 Å². The van der Waals surface area contributed by atoms with Gasteiger partial charge < -0.3 is 10.1 Å². The van der Waals surface area contributed by atoms with Crippen molar-refractivity contribution in [1.82, 2.24) is 0 Å². The summed E-state index contributed by atoms with van der Waals surface area (Å²) in [5, 5.41) is 15.1. The second-order valence-electron chi connectivity index (χ2n) is 9.80. The standard InChI is InChI=1S/C28H29N3O5S/c1-17(2)18-7-10-20(11-8-18)30-37(34,35)21-12-13-25-24(16-21)22-5-4-6-23(22)28(29-25)19-9-14-27(36-3)26(15-19)31(32)33/h4-5,7-17,22-23,28-30H,6H2,1-3H3/t22-,23+,28+/m0/s1. The Bertz CT molecular complexity index is 1480. The van der Waals surface area contributed by atoms with Crippen LogP contribution in [0.2, 0.25) is 0 Å². The number of hydrogen-bond donors (Lipinski definition) is 2. The summed E-state index contributed by atoms with van der Waals surface area (Å²) in [6, 6.07) is 17.4. The molecule has 192 valence electrons. The lowest BCUT2D eigenvalue weighted by atomic mass is 9.77. The van der Waals surface area contributed by atoms with E-state index >= 15 is 0 Å². The van der Waals surface area contributed by atoms with E-state index in [1.807, 2.05) is 18.2 Å². The van der Waals surface area contributed by atoms with Crippen molar-refractivity contribution in [2.75, 3.05) is 17.1 Å². The third kappa shape index (κ3) is 4.67. The molecule has 5 rings (SSSR count). The Hall–Kier alpha value is -3.85. The fourth-order valence-corrected chi connectivity index (χ4v) is 6.36. The molecule has 0 saturated carbocycles. The zero-order valence-corrected chi connectivity index (χ0v) is 21.7. The molecule has 0 amide bonds. The Balaban J connectivity index is 1.45. The van der Waals surface area contributed by atoms with Crippen LogP contribution in [0.15, 0.2) is 77.7 Å². The Kier molecular flexibility index (Phi) is 6.41. The first-order chi connectivity index (χ1) is 17.7. The van der Waals surface area contributed by atoms with Crippen molar-refractivity contribution in [2.45, 2.75) is 43.0 Å². The first kappa shape index (κ1) is 24.8. The van der Waals surface area contributed by atoms with Gasteiger partial charge in [-0.3, -0.25) is 14.8 Å². The highest BCUT2D eigenvalue weighted by atomic mass is 32.2. The molecule has 0 bridgehead atoms. The van der Waals surface area contributed by atoms with Crippen LogP contribution in [0.1, 0.15) is 54.8 Å². The number of rotatable bonds is 7. The van der Waals surface area contributed by atoms with Gasteiger partial charge in [0, 0.05) is 23.4 Å². The molecule has 0 spiro atoms. The number of anilines is 2. The first-order valence-corrected chi connectivity index (χ1v) is 13.7. The van der Waals surface area contributed by atoms with Gasteiger partial charge in [0.1, 0.15) is 0 Å². The number of nitro groups is 1. The van der Waals surface area contributed by atoms with Gasteiger partial charge in [0.05, 0.1) is 23.0 Å². The van der Waals surface area contributed by atoms with Crippen LogP contribution in [-0.4, -0.2) is 20.5 Å². The fourth-order valence-electron chi connectivity index (χ4n) is 5.26. The molecule has 1 aliphatic carbocycles. The minimum Gasteiger partial charge on any atom is -0.490 e. The van der Waals surface area contributed by atoms with Crippen LogP contribution >= 0.6 is 0 Å². The van der Waals surface area contributed by atoms with Gasteiger partial charge in [-0.25, -0.2) is 8.42 Å². The molecule has 0 saturated heterocycles. The number of benzene rings is 3. The van der Waals surface area contributed by atoms with Crippen molar-refractivity contribution >= 4 is 27.1 Å². The number of fused-ring (bicyclic) bond motifs is 3. The SMILES string of the molecule is COc1ccc([C@H]2Nc3ccc(S(=O)(=O)Nc4ccc(C(C)C)cc4)cc3[C@H]3C=CC[C@H]32)cc1[N+](=O)[O-]. The van der Waals surface area contributed by atoms with E-state index in [4.69, 9.17) is 4.74 Å². The predicted octanol–water partition coefficient (Wildman–Crippen LogP) is 6.35. The van der Waals surface area contributed by atoms with E-state index in [0.717, 1.165) is 28.8 Å². The van der Waals surface area contributed by atoms with Crippen molar-refractivity contribution in [3.8, 4) is 5.75 Å². The van der Waals surface area contributed by atoms with Gasteiger partial charge in [0.25, 0.3) is 10.0 Å². The quantitative estimate of drug-likeness (QED) is 0.214. The summed E-state index contributed by atoms with van der Waals surface area (Å²) in [4.78, 5) is 11.3. The lowest BCUT2D eigenvalue weighted by Crippen LogP contribution is -2.29. The molecular weight excluding hydrogens is 490 g/mol. The first-order valence-electron chi connectivity index (χ1n) is 12.2. The average Bonchev–Trinajstić information content (AvgIpc) is 3.38. The lowest BCUT2D eigenvalue weighted by molar-refractivity contribution is -0.385. The largest absolute Gasteiger partial charge is 0.490 e. The van der Waals surface area contributed by atoms with Crippen LogP contribution in [0.4, 0.5) is 17.1 Å². The molecule has 3 atom stereocenters. The van der Waals surface area contributed by atoms with E-state index < -0.39 is 14.9 Å². The molecular formula is C28H29N3O5S. The van der Waals surface area contributed by atoms with E-state index in [1.54, 1.807) is 42.5 Å². The molecule has 37 heavy (non-hydrogen) atoms. The molecule has 0 fully saturated rings. The topological polar surface area (TPSA) is 111 Å². The Morgan fingerprint density at radius 3 is 2.51 bits per heavy atom. The molecule has 9 heteroatoms. The minimum atomic E-state index is -3.79. The number of sulfonamides is 1. The summed E-state index contributed by atoms with van der Waals surface area (Å²) in [5.41, 5.74) is 4.08. The van der Waals surface area contributed by atoms with Gasteiger partial charge in [-0.05, 0) is 71.3 Å². The number of methoxy groups -OCH3 is 1. The Labute approximate surface area is 216 Å². The predicted molar refractivity (Wildman–Crippen MR) is 144 cm³/mol. The van der Waals surface area contributed by atoms with Crippen LogP contribution in [0, 0.1) is 16.0 Å². The summed E-state index contributed by atoms with van der Waals surface area (Å²) in [6.45, 7) is 4.18. The van der Waals surface area contributed by atoms with Crippen molar-refractivity contribution in [3.05, 3.63) is 99.6 Å². The molecule has 2 N–H and O–H groups in total. The van der Waals surface area contributed by atoms with Crippen molar-refractivity contribution in [2.24, 2.45) is 5.92 Å². The van der Waals surface area contributed by atoms with E-state index in [9.17, 15) is 18.5 Å². The third-order valence-corrected chi connectivity index (χ3v) is 8.61. The van der Waals surface area contributed by atoms with E-state index in [-0.39, 0.29) is 34.2 Å². The smallest absolute Gasteiger partial charge is 0.311 e.